The van der Waals surface area contributed by atoms with Crippen molar-refractivity contribution in [1.82, 2.24) is 5.32 Å². The number of aryl methyl sites for hydroxylation is 2. The second-order valence-electron chi connectivity index (χ2n) is 5.00. The predicted molar refractivity (Wildman–Crippen MR) is 67.1 cm³/mol. The summed E-state index contributed by atoms with van der Waals surface area (Å²) < 4.78 is 0. The van der Waals surface area contributed by atoms with Gasteiger partial charge in [0.15, 0.2) is 0 Å². The smallest absolute Gasteiger partial charge is 0.319 e. The van der Waals surface area contributed by atoms with Crippen LogP contribution in [-0.2, 0) is 16.1 Å². The summed E-state index contributed by atoms with van der Waals surface area (Å²) in [6.07, 6.45) is 0.891. The van der Waals surface area contributed by atoms with Crippen LogP contribution in [0.15, 0.2) is 18.2 Å². The third-order valence-electron chi connectivity index (χ3n) is 3.54. The van der Waals surface area contributed by atoms with Crippen molar-refractivity contribution in [3.05, 3.63) is 34.9 Å². The first-order valence-corrected chi connectivity index (χ1v) is 6.03. The number of aliphatic carboxylic acids is 1. The molecule has 4 heteroatoms. The van der Waals surface area contributed by atoms with Gasteiger partial charge in [0.25, 0.3) is 0 Å². The van der Waals surface area contributed by atoms with E-state index in [1.54, 1.807) is 0 Å². The summed E-state index contributed by atoms with van der Waals surface area (Å²) in [6.45, 7) is 4.36. The van der Waals surface area contributed by atoms with E-state index in [1.165, 1.54) is 0 Å². The molecule has 1 aliphatic carbocycles. The molecule has 0 saturated heterocycles. The van der Waals surface area contributed by atoms with E-state index in [9.17, 15) is 9.59 Å². The lowest BCUT2D eigenvalue weighted by Gasteiger charge is -2.12. The van der Waals surface area contributed by atoms with Crippen LogP contribution >= 0.6 is 0 Å². The zero-order chi connectivity index (χ0) is 13.3. The minimum atomic E-state index is -1.16. The first-order valence-electron chi connectivity index (χ1n) is 6.03. The maximum atomic E-state index is 11.8. The highest BCUT2D eigenvalue weighted by molar-refractivity contribution is 6.04. The monoisotopic (exact) mass is 247 g/mol. The fraction of sp³-hybridized carbons (Fsp3) is 0.429. The second-order valence-corrected chi connectivity index (χ2v) is 5.00. The minimum absolute atomic E-state index is 0.365. The van der Waals surface area contributed by atoms with E-state index in [1.807, 2.05) is 32.0 Å². The van der Waals surface area contributed by atoms with Crippen molar-refractivity contribution in [2.24, 2.45) is 5.41 Å². The molecule has 4 nitrogen and oxygen atoms in total. The quantitative estimate of drug-likeness (QED) is 0.797. The Balaban J connectivity index is 2.02. The van der Waals surface area contributed by atoms with Crippen molar-refractivity contribution in [3.63, 3.8) is 0 Å². The summed E-state index contributed by atoms with van der Waals surface area (Å²) in [5.74, 6) is -1.38. The highest BCUT2D eigenvalue weighted by atomic mass is 16.4. The van der Waals surface area contributed by atoms with Crippen LogP contribution < -0.4 is 5.32 Å². The van der Waals surface area contributed by atoms with Gasteiger partial charge in [-0.25, -0.2) is 0 Å². The van der Waals surface area contributed by atoms with Gasteiger partial charge in [-0.15, -0.1) is 0 Å². The molecule has 1 aromatic carbocycles. The first-order chi connectivity index (χ1) is 8.45. The Hall–Kier alpha value is -1.84. The lowest BCUT2D eigenvalue weighted by molar-refractivity contribution is -0.149. The van der Waals surface area contributed by atoms with Gasteiger partial charge in [-0.1, -0.05) is 23.8 Å². The summed E-state index contributed by atoms with van der Waals surface area (Å²) in [4.78, 5) is 22.8. The van der Waals surface area contributed by atoms with E-state index in [0.29, 0.717) is 19.4 Å². The Kier molecular flexibility index (Phi) is 3.11. The van der Waals surface area contributed by atoms with Crippen LogP contribution in [0.4, 0.5) is 0 Å². The SMILES string of the molecule is Cc1ccc(C)c(CNC(=O)C2(C(=O)O)CC2)c1. The molecular formula is C14H17NO3. The number of carboxylic acid groups (broad SMARTS) is 1. The standard InChI is InChI=1S/C14H17NO3/c1-9-3-4-10(2)11(7-9)8-15-12(16)14(5-6-14)13(17)18/h3-4,7H,5-6,8H2,1-2H3,(H,15,16)(H,17,18). The Bertz CT molecular complexity index is 504. The van der Waals surface area contributed by atoms with Crippen molar-refractivity contribution in [1.29, 1.82) is 0 Å². The molecule has 1 fully saturated rings. The third-order valence-corrected chi connectivity index (χ3v) is 3.54. The largest absolute Gasteiger partial charge is 0.480 e. The number of carbonyl (C=O) groups excluding carboxylic acids is 1. The highest BCUT2D eigenvalue weighted by Crippen LogP contribution is 2.46. The van der Waals surface area contributed by atoms with Crippen LogP contribution in [-0.4, -0.2) is 17.0 Å². The van der Waals surface area contributed by atoms with Gasteiger partial charge in [-0.2, -0.15) is 0 Å². The zero-order valence-electron chi connectivity index (χ0n) is 10.6. The van der Waals surface area contributed by atoms with Crippen molar-refractivity contribution in [3.8, 4) is 0 Å². The van der Waals surface area contributed by atoms with Crippen LogP contribution in [0.5, 0.6) is 0 Å². The Labute approximate surface area is 106 Å². The fourth-order valence-corrected chi connectivity index (χ4v) is 2.00. The van der Waals surface area contributed by atoms with Crippen molar-refractivity contribution in [2.75, 3.05) is 0 Å². The van der Waals surface area contributed by atoms with Crippen molar-refractivity contribution < 1.29 is 14.7 Å². The highest BCUT2D eigenvalue weighted by Gasteiger charge is 2.56. The van der Waals surface area contributed by atoms with E-state index in [2.05, 4.69) is 5.32 Å². The van der Waals surface area contributed by atoms with Crippen LogP contribution in [0.1, 0.15) is 29.5 Å². The summed E-state index contributed by atoms with van der Waals surface area (Å²) in [7, 11) is 0. The normalized spacial score (nSPS) is 16.1. The average molecular weight is 247 g/mol. The van der Waals surface area contributed by atoms with Crippen LogP contribution in [0.25, 0.3) is 0 Å². The molecule has 1 amide bonds. The number of benzene rings is 1. The van der Waals surface area contributed by atoms with E-state index in [-0.39, 0.29) is 5.91 Å². The molecular weight excluding hydrogens is 230 g/mol. The van der Waals surface area contributed by atoms with Gasteiger partial charge in [-0.05, 0) is 37.8 Å². The molecule has 0 atom stereocenters. The maximum Gasteiger partial charge on any atom is 0.319 e. The molecule has 96 valence electrons. The zero-order valence-corrected chi connectivity index (χ0v) is 10.6. The molecule has 1 saturated carbocycles. The average Bonchev–Trinajstić information content (AvgIpc) is 3.11. The van der Waals surface area contributed by atoms with E-state index >= 15 is 0 Å². The number of carbonyl (C=O) groups is 2. The number of hydrogen-bond acceptors (Lipinski definition) is 2. The minimum Gasteiger partial charge on any atom is -0.480 e. The number of hydrogen-bond donors (Lipinski definition) is 2. The van der Waals surface area contributed by atoms with Gasteiger partial charge < -0.3 is 10.4 Å². The molecule has 1 aliphatic rings. The first kappa shape index (κ1) is 12.6. The molecule has 2 rings (SSSR count). The van der Waals surface area contributed by atoms with Crippen molar-refractivity contribution in [2.45, 2.75) is 33.2 Å². The van der Waals surface area contributed by atoms with Gasteiger partial charge in [0.2, 0.25) is 5.91 Å². The van der Waals surface area contributed by atoms with Crippen molar-refractivity contribution >= 4 is 11.9 Å². The number of carboxylic acids is 1. The van der Waals surface area contributed by atoms with E-state index in [4.69, 9.17) is 5.11 Å². The summed E-state index contributed by atoms with van der Waals surface area (Å²) in [5, 5.41) is 11.7. The van der Waals surface area contributed by atoms with Gasteiger partial charge in [-0.3, -0.25) is 9.59 Å². The molecule has 0 aromatic heterocycles. The molecule has 18 heavy (non-hydrogen) atoms. The molecule has 0 aliphatic heterocycles. The topological polar surface area (TPSA) is 66.4 Å². The molecule has 0 radical (unpaired) electrons. The predicted octanol–water partition coefficient (Wildman–Crippen LogP) is 1.78. The number of nitrogens with one attached hydrogen (secondary N) is 1. The molecule has 0 heterocycles. The lowest BCUT2D eigenvalue weighted by atomic mass is 10.0. The van der Waals surface area contributed by atoms with Crippen LogP contribution in [0, 0.1) is 19.3 Å². The summed E-state index contributed by atoms with van der Waals surface area (Å²) in [5.41, 5.74) is 2.10. The second kappa shape index (κ2) is 4.44. The molecule has 0 bridgehead atoms. The summed E-state index contributed by atoms with van der Waals surface area (Å²) in [6, 6.07) is 6.02. The fourth-order valence-electron chi connectivity index (χ4n) is 2.00. The third kappa shape index (κ3) is 2.23. The lowest BCUT2D eigenvalue weighted by Crippen LogP contribution is -2.36. The maximum absolute atomic E-state index is 11.8. The number of amides is 1. The molecule has 2 N–H and O–H groups in total. The van der Waals surface area contributed by atoms with Crippen LogP contribution in [0.2, 0.25) is 0 Å². The summed E-state index contributed by atoms with van der Waals surface area (Å²) >= 11 is 0. The van der Waals surface area contributed by atoms with E-state index < -0.39 is 11.4 Å². The number of rotatable bonds is 4. The van der Waals surface area contributed by atoms with Gasteiger partial charge in [0.1, 0.15) is 5.41 Å². The molecule has 0 unspecified atom stereocenters. The van der Waals surface area contributed by atoms with E-state index in [0.717, 1.165) is 16.7 Å². The Morgan fingerprint density at radius 3 is 2.56 bits per heavy atom. The Morgan fingerprint density at radius 2 is 2.00 bits per heavy atom. The van der Waals surface area contributed by atoms with Gasteiger partial charge >= 0.3 is 5.97 Å². The van der Waals surface area contributed by atoms with Crippen LogP contribution in [0.3, 0.4) is 0 Å². The Morgan fingerprint density at radius 1 is 1.33 bits per heavy atom. The van der Waals surface area contributed by atoms with Gasteiger partial charge in [0, 0.05) is 6.54 Å². The molecule has 0 spiro atoms. The molecule has 1 aromatic rings. The van der Waals surface area contributed by atoms with Gasteiger partial charge in [0.05, 0.1) is 0 Å².